The van der Waals surface area contributed by atoms with Gasteiger partial charge in [0.05, 0.1) is 25.4 Å². The summed E-state index contributed by atoms with van der Waals surface area (Å²) in [4.78, 5) is 24.5. The minimum absolute atomic E-state index is 0.0116. The average Bonchev–Trinajstić information content (AvgIpc) is 3.36. The second-order valence-electron chi connectivity index (χ2n) is 22.5. The van der Waals surface area contributed by atoms with Crippen LogP contribution in [0.2, 0.25) is 0 Å². The molecule has 0 saturated carbocycles. The molecule has 3 N–H and O–H groups in total. The molecule has 2 unspecified atom stereocenters. The number of unbranched alkanes of at least 4 members (excludes halogenated alkanes) is 50. The number of ether oxygens (including phenoxy) is 1. The van der Waals surface area contributed by atoms with Gasteiger partial charge in [-0.3, -0.25) is 9.59 Å². The van der Waals surface area contributed by atoms with Gasteiger partial charge in [-0.05, 0) is 25.7 Å². The average molecular weight is 991 g/mol. The maximum atomic E-state index is 12.5. The Bertz CT molecular complexity index is 1010. The lowest BCUT2D eigenvalue weighted by Crippen LogP contribution is -2.45. The first-order valence-corrected chi connectivity index (χ1v) is 32.3. The molecule has 6 heteroatoms. The molecule has 0 bridgehead atoms. The van der Waals surface area contributed by atoms with E-state index in [-0.39, 0.29) is 18.5 Å². The molecule has 0 rings (SSSR count). The summed E-state index contributed by atoms with van der Waals surface area (Å²) in [5, 5.41) is 23.4. The zero-order valence-corrected chi connectivity index (χ0v) is 47.8. The molecule has 1 amide bonds. The van der Waals surface area contributed by atoms with E-state index in [1.807, 2.05) is 0 Å². The minimum atomic E-state index is -0.665. The predicted molar refractivity (Wildman–Crippen MR) is 306 cm³/mol. The third-order valence-corrected chi connectivity index (χ3v) is 15.4. The van der Waals surface area contributed by atoms with Crippen molar-refractivity contribution in [1.29, 1.82) is 0 Å². The van der Waals surface area contributed by atoms with E-state index in [1.165, 1.54) is 302 Å². The maximum absolute atomic E-state index is 12.5. The Kier molecular flexibility index (Phi) is 59.4. The molecule has 2 atom stereocenters. The fourth-order valence-corrected chi connectivity index (χ4v) is 10.5. The minimum Gasteiger partial charge on any atom is -0.466 e. The number of hydrogen-bond acceptors (Lipinski definition) is 5. The van der Waals surface area contributed by atoms with Crippen molar-refractivity contribution in [1.82, 2.24) is 5.32 Å². The number of rotatable bonds is 61. The molecule has 70 heavy (non-hydrogen) atoms. The van der Waals surface area contributed by atoms with Crippen molar-refractivity contribution in [3.8, 4) is 0 Å². The smallest absolute Gasteiger partial charge is 0.305 e. The van der Waals surface area contributed by atoms with Crippen LogP contribution >= 0.6 is 0 Å². The summed E-state index contributed by atoms with van der Waals surface area (Å²) in [5.41, 5.74) is 0. The molecule has 0 radical (unpaired) electrons. The first-order valence-electron chi connectivity index (χ1n) is 32.3. The van der Waals surface area contributed by atoms with E-state index >= 15 is 0 Å². The van der Waals surface area contributed by atoms with Gasteiger partial charge >= 0.3 is 5.97 Å². The fourth-order valence-electron chi connectivity index (χ4n) is 10.5. The molecule has 0 aliphatic rings. The van der Waals surface area contributed by atoms with E-state index in [2.05, 4.69) is 19.2 Å². The van der Waals surface area contributed by atoms with Crippen molar-refractivity contribution < 1.29 is 24.5 Å². The van der Waals surface area contributed by atoms with Gasteiger partial charge in [-0.25, -0.2) is 0 Å². The molecule has 6 nitrogen and oxygen atoms in total. The molecule has 0 saturated heterocycles. The molecule has 0 spiro atoms. The van der Waals surface area contributed by atoms with E-state index in [9.17, 15) is 19.8 Å². The van der Waals surface area contributed by atoms with Crippen LogP contribution < -0.4 is 5.32 Å². The lowest BCUT2D eigenvalue weighted by atomic mass is 10.0. The van der Waals surface area contributed by atoms with Crippen molar-refractivity contribution in [3.63, 3.8) is 0 Å². The lowest BCUT2D eigenvalue weighted by molar-refractivity contribution is -0.143. The van der Waals surface area contributed by atoms with E-state index in [4.69, 9.17) is 4.74 Å². The zero-order chi connectivity index (χ0) is 50.7. The van der Waals surface area contributed by atoms with Gasteiger partial charge in [-0.2, -0.15) is 0 Å². The van der Waals surface area contributed by atoms with E-state index in [0.717, 1.165) is 38.5 Å². The van der Waals surface area contributed by atoms with Crippen LogP contribution in [-0.2, 0) is 14.3 Å². The maximum Gasteiger partial charge on any atom is 0.305 e. The molecule has 0 aliphatic carbocycles. The predicted octanol–water partition coefficient (Wildman–Crippen LogP) is 20.3. The quantitative estimate of drug-likeness (QED) is 0.0417. The summed E-state index contributed by atoms with van der Waals surface area (Å²) < 4.78 is 5.47. The highest BCUT2D eigenvalue weighted by atomic mass is 16.5. The Morgan fingerprint density at radius 1 is 0.343 bits per heavy atom. The highest BCUT2D eigenvalue weighted by Gasteiger charge is 2.20. The molecular formula is C64H127NO5. The third kappa shape index (κ3) is 56.2. The van der Waals surface area contributed by atoms with Crippen LogP contribution in [-0.4, -0.2) is 47.4 Å². The second-order valence-corrected chi connectivity index (χ2v) is 22.5. The van der Waals surface area contributed by atoms with Gasteiger partial charge in [0.25, 0.3) is 0 Å². The van der Waals surface area contributed by atoms with Gasteiger partial charge in [-0.1, -0.05) is 335 Å². The Labute approximate surface area is 438 Å². The van der Waals surface area contributed by atoms with Crippen LogP contribution in [0.5, 0.6) is 0 Å². The first-order chi connectivity index (χ1) is 34.5. The Morgan fingerprint density at radius 2 is 0.586 bits per heavy atom. The molecular weight excluding hydrogens is 863 g/mol. The van der Waals surface area contributed by atoms with Crippen LogP contribution in [0.3, 0.4) is 0 Å². The molecule has 0 heterocycles. The van der Waals surface area contributed by atoms with Crippen LogP contribution in [0.25, 0.3) is 0 Å². The zero-order valence-electron chi connectivity index (χ0n) is 47.8. The topological polar surface area (TPSA) is 95.9 Å². The summed E-state index contributed by atoms with van der Waals surface area (Å²) in [6, 6.07) is -0.542. The molecule has 0 aromatic carbocycles. The van der Waals surface area contributed by atoms with E-state index in [0.29, 0.717) is 25.9 Å². The molecule has 0 fully saturated rings. The molecule has 0 aromatic rings. The highest BCUT2D eigenvalue weighted by molar-refractivity contribution is 5.76. The SMILES string of the molecule is CCCCCCCCCCCCCCCCCCCCCCCCC(O)C(CO)NC(=O)CCCCCCCCCCCCCCCCCCCCCCOC(=O)CCCCCCCCCCCCC. The number of nitrogens with one attached hydrogen (secondary N) is 1. The highest BCUT2D eigenvalue weighted by Crippen LogP contribution is 2.19. The third-order valence-electron chi connectivity index (χ3n) is 15.4. The van der Waals surface area contributed by atoms with Crippen molar-refractivity contribution in [3.05, 3.63) is 0 Å². The summed E-state index contributed by atoms with van der Waals surface area (Å²) in [5.74, 6) is -0.0202. The monoisotopic (exact) mass is 990 g/mol. The van der Waals surface area contributed by atoms with Crippen molar-refractivity contribution >= 4 is 11.9 Å². The molecule has 0 aliphatic heterocycles. The summed E-state index contributed by atoms with van der Waals surface area (Å²) in [6.45, 7) is 4.98. The summed E-state index contributed by atoms with van der Waals surface area (Å²) in [6.07, 6.45) is 71.2. The van der Waals surface area contributed by atoms with Gasteiger partial charge < -0.3 is 20.3 Å². The molecule has 418 valence electrons. The van der Waals surface area contributed by atoms with E-state index in [1.54, 1.807) is 0 Å². The number of carbonyl (C=O) groups excluding carboxylic acids is 2. The standard InChI is InChI=1S/C64H127NO5/c1-3-5-7-9-11-13-15-16-17-18-19-20-21-24-27-30-33-37-40-44-48-52-56-62(67)61(60-66)65-63(68)57-53-49-45-41-38-34-31-28-25-22-23-26-29-32-35-39-43-47-51-55-59-70-64(69)58-54-50-46-42-36-14-12-10-8-6-4-2/h61-62,66-67H,3-60H2,1-2H3,(H,65,68). The second kappa shape index (κ2) is 60.4. The largest absolute Gasteiger partial charge is 0.466 e. The number of aliphatic hydroxyl groups excluding tert-OH is 2. The number of aliphatic hydroxyl groups is 2. The van der Waals surface area contributed by atoms with Gasteiger partial charge in [0.1, 0.15) is 0 Å². The van der Waals surface area contributed by atoms with Crippen LogP contribution in [0, 0.1) is 0 Å². The lowest BCUT2D eigenvalue weighted by Gasteiger charge is -2.22. The summed E-state index contributed by atoms with van der Waals surface area (Å²) in [7, 11) is 0. The van der Waals surface area contributed by atoms with Gasteiger partial charge in [0.2, 0.25) is 5.91 Å². The van der Waals surface area contributed by atoms with E-state index < -0.39 is 12.1 Å². The number of esters is 1. The Morgan fingerprint density at radius 3 is 0.871 bits per heavy atom. The van der Waals surface area contributed by atoms with Crippen LogP contribution in [0.1, 0.15) is 373 Å². The summed E-state index contributed by atoms with van der Waals surface area (Å²) >= 11 is 0. The van der Waals surface area contributed by atoms with Gasteiger partial charge in [0.15, 0.2) is 0 Å². The Hall–Kier alpha value is -1.14. The number of carbonyl (C=O) groups is 2. The van der Waals surface area contributed by atoms with Crippen LogP contribution in [0.15, 0.2) is 0 Å². The van der Waals surface area contributed by atoms with Crippen molar-refractivity contribution in [2.75, 3.05) is 13.2 Å². The molecule has 0 aromatic heterocycles. The van der Waals surface area contributed by atoms with Gasteiger partial charge in [0, 0.05) is 12.8 Å². The fraction of sp³-hybridized carbons (Fsp3) is 0.969. The number of hydrogen-bond donors (Lipinski definition) is 3. The first kappa shape index (κ1) is 68.9. The van der Waals surface area contributed by atoms with Crippen molar-refractivity contribution in [2.45, 2.75) is 386 Å². The van der Waals surface area contributed by atoms with Gasteiger partial charge in [-0.15, -0.1) is 0 Å². The normalized spacial score (nSPS) is 12.5. The number of amides is 1. The van der Waals surface area contributed by atoms with Crippen molar-refractivity contribution in [2.24, 2.45) is 0 Å². The van der Waals surface area contributed by atoms with Crippen LogP contribution in [0.4, 0.5) is 0 Å². The Balaban J connectivity index is 3.39.